The Bertz CT molecular complexity index is 1110. The number of rotatable bonds is 6. The third-order valence-electron chi connectivity index (χ3n) is 4.20. The molecule has 0 unspecified atom stereocenters. The van der Waals surface area contributed by atoms with Crippen molar-refractivity contribution >= 4 is 16.0 Å². The normalized spacial score (nSPS) is 12.0. The van der Waals surface area contributed by atoms with E-state index in [-0.39, 0.29) is 4.90 Å². The van der Waals surface area contributed by atoms with Crippen LogP contribution in [0.3, 0.4) is 0 Å². The Kier molecular flexibility index (Phi) is 6.30. The summed E-state index contributed by atoms with van der Waals surface area (Å²) in [6, 6.07) is 14.4. The summed E-state index contributed by atoms with van der Waals surface area (Å²) in [5.74, 6) is 1.11. The molecule has 0 radical (unpaired) electrons. The van der Waals surface area contributed by atoms with E-state index >= 15 is 0 Å². The molecule has 1 heterocycles. The van der Waals surface area contributed by atoms with Crippen molar-refractivity contribution in [3.8, 4) is 11.5 Å². The van der Waals surface area contributed by atoms with E-state index < -0.39 is 10.0 Å². The molecule has 0 fully saturated rings. The van der Waals surface area contributed by atoms with Gasteiger partial charge < -0.3 is 15.1 Å². The molecule has 152 valence electrons. The lowest BCUT2D eigenvalue weighted by molar-refractivity contribution is 0.572. The average Bonchev–Trinajstić information content (AvgIpc) is 3.17. The Morgan fingerprint density at radius 2 is 1.86 bits per heavy atom. The number of sulfonamides is 1. The first-order chi connectivity index (χ1) is 13.8. The van der Waals surface area contributed by atoms with Gasteiger partial charge in [-0.3, -0.25) is 4.99 Å². The lowest BCUT2D eigenvalue weighted by atomic mass is 10.1. The second kappa shape index (κ2) is 8.89. The standard InChI is InChI=1S/C20H23N5O3S/c1-14-6-8-16(9-7-14)19-25-17(13-28-19)12-24-20(22-2)23-11-15-4-3-5-18(10-15)29(21,26)27/h3-10,13H,11-12H2,1-2H3,(H2,21,26,27)(H2,22,23,24). The van der Waals surface area contributed by atoms with Gasteiger partial charge in [0.05, 0.1) is 17.1 Å². The van der Waals surface area contributed by atoms with Crippen LogP contribution in [0.2, 0.25) is 0 Å². The maximum Gasteiger partial charge on any atom is 0.238 e. The maximum absolute atomic E-state index is 11.5. The van der Waals surface area contributed by atoms with Crippen LogP contribution >= 0.6 is 0 Å². The first-order valence-electron chi connectivity index (χ1n) is 8.93. The number of nitrogens with one attached hydrogen (secondary N) is 2. The molecule has 0 atom stereocenters. The second-order valence-electron chi connectivity index (χ2n) is 6.48. The van der Waals surface area contributed by atoms with Gasteiger partial charge in [-0.1, -0.05) is 29.8 Å². The number of aliphatic imine (C=N–C) groups is 1. The second-order valence-corrected chi connectivity index (χ2v) is 8.04. The molecule has 0 bridgehead atoms. The predicted octanol–water partition coefficient (Wildman–Crippen LogP) is 2.16. The molecule has 8 nitrogen and oxygen atoms in total. The van der Waals surface area contributed by atoms with E-state index in [0.29, 0.717) is 24.9 Å². The van der Waals surface area contributed by atoms with Crippen LogP contribution in [-0.2, 0) is 23.1 Å². The monoisotopic (exact) mass is 413 g/mol. The van der Waals surface area contributed by atoms with Gasteiger partial charge in [-0.2, -0.15) is 0 Å². The number of oxazole rings is 1. The number of primary sulfonamides is 1. The van der Waals surface area contributed by atoms with E-state index in [1.165, 1.54) is 17.7 Å². The van der Waals surface area contributed by atoms with Gasteiger partial charge in [0, 0.05) is 19.2 Å². The quantitative estimate of drug-likeness (QED) is 0.420. The van der Waals surface area contributed by atoms with Crippen LogP contribution in [0.5, 0.6) is 0 Å². The zero-order chi connectivity index (χ0) is 20.9. The smallest absolute Gasteiger partial charge is 0.238 e. The molecule has 3 rings (SSSR count). The number of aryl methyl sites for hydroxylation is 1. The van der Waals surface area contributed by atoms with Crippen molar-refractivity contribution in [2.45, 2.75) is 24.9 Å². The Balaban J connectivity index is 1.57. The molecule has 4 N–H and O–H groups in total. The van der Waals surface area contributed by atoms with Crippen LogP contribution in [-0.4, -0.2) is 26.4 Å². The molecule has 0 aliphatic rings. The van der Waals surface area contributed by atoms with Crippen LogP contribution in [0.4, 0.5) is 0 Å². The summed E-state index contributed by atoms with van der Waals surface area (Å²) >= 11 is 0. The van der Waals surface area contributed by atoms with Gasteiger partial charge in [0.1, 0.15) is 6.26 Å². The highest BCUT2D eigenvalue weighted by Crippen LogP contribution is 2.19. The summed E-state index contributed by atoms with van der Waals surface area (Å²) in [4.78, 5) is 8.71. The summed E-state index contributed by atoms with van der Waals surface area (Å²) < 4.78 is 28.5. The first-order valence-corrected chi connectivity index (χ1v) is 10.5. The number of hydrogen-bond acceptors (Lipinski definition) is 5. The van der Waals surface area contributed by atoms with Crippen LogP contribution < -0.4 is 15.8 Å². The zero-order valence-corrected chi connectivity index (χ0v) is 17.0. The molecule has 0 amide bonds. The van der Waals surface area contributed by atoms with E-state index in [9.17, 15) is 8.42 Å². The van der Waals surface area contributed by atoms with Crippen molar-refractivity contribution < 1.29 is 12.8 Å². The predicted molar refractivity (Wildman–Crippen MR) is 112 cm³/mol. The molecule has 3 aromatic rings. The Morgan fingerprint density at radius 3 is 2.55 bits per heavy atom. The van der Waals surface area contributed by atoms with Gasteiger partial charge in [-0.25, -0.2) is 18.5 Å². The molecular weight excluding hydrogens is 390 g/mol. The summed E-state index contributed by atoms with van der Waals surface area (Å²) in [5.41, 5.74) is 3.59. The van der Waals surface area contributed by atoms with Crippen LogP contribution in [0.15, 0.2) is 69.1 Å². The number of guanidine groups is 1. The minimum atomic E-state index is -3.73. The van der Waals surface area contributed by atoms with Gasteiger partial charge in [0.15, 0.2) is 5.96 Å². The van der Waals surface area contributed by atoms with Crippen LogP contribution in [0.25, 0.3) is 11.5 Å². The fraction of sp³-hybridized carbons (Fsp3) is 0.200. The van der Waals surface area contributed by atoms with E-state index in [2.05, 4.69) is 20.6 Å². The SMILES string of the molecule is CN=C(NCc1cccc(S(N)(=O)=O)c1)NCc1coc(-c2ccc(C)cc2)n1. The molecule has 9 heteroatoms. The van der Waals surface area contributed by atoms with Crippen molar-refractivity contribution in [1.29, 1.82) is 0 Å². The molecule has 0 spiro atoms. The minimum Gasteiger partial charge on any atom is -0.444 e. The summed E-state index contributed by atoms with van der Waals surface area (Å²) in [7, 11) is -2.08. The van der Waals surface area contributed by atoms with E-state index in [1.54, 1.807) is 25.4 Å². The fourth-order valence-electron chi connectivity index (χ4n) is 2.63. The molecule has 29 heavy (non-hydrogen) atoms. The summed E-state index contributed by atoms with van der Waals surface area (Å²) in [6.07, 6.45) is 1.60. The maximum atomic E-state index is 11.5. The van der Waals surface area contributed by atoms with Gasteiger partial charge in [-0.15, -0.1) is 0 Å². The first kappa shape index (κ1) is 20.6. The number of nitrogens with two attached hydrogens (primary N) is 1. The summed E-state index contributed by atoms with van der Waals surface area (Å²) in [6.45, 7) is 2.83. The molecule has 2 aromatic carbocycles. The third kappa shape index (κ3) is 5.66. The lowest BCUT2D eigenvalue weighted by Crippen LogP contribution is -2.36. The number of nitrogens with zero attached hydrogens (tertiary/aromatic N) is 2. The van der Waals surface area contributed by atoms with Gasteiger partial charge in [0.25, 0.3) is 0 Å². The van der Waals surface area contributed by atoms with Crippen molar-refractivity contribution in [1.82, 2.24) is 15.6 Å². The van der Waals surface area contributed by atoms with Crippen molar-refractivity contribution in [2.75, 3.05) is 7.05 Å². The molecule has 0 aliphatic heterocycles. The highest BCUT2D eigenvalue weighted by atomic mass is 32.2. The molecule has 1 aromatic heterocycles. The average molecular weight is 414 g/mol. The molecular formula is C20H23N5O3S. The van der Waals surface area contributed by atoms with Crippen molar-refractivity contribution in [2.24, 2.45) is 10.1 Å². The molecule has 0 saturated carbocycles. The molecule has 0 saturated heterocycles. The molecule has 0 aliphatic carbocycles. The Hall–Kier alpha value is -3.17. The van der Waals surface area contributed by atoms with Gasteiger partial charge in [0.2, 0.25) is 15.9 Å². The Morgan fingerprint density at radius 1 is 1.14 bits per heavy atom. The van der Waals surface area contributed by atoms with E-state index in [0.717, 1.165) is 16.8 Å². The highest BCUT2D eigenvalue weighted by Gasteiger charge is 2.09. The van der Waals surface area contributed by atoms with Gasteiger partial charge >= 0.3 is 0 Å². The van der Waals surface area contributed by atoms with E-state index in [4.69, 9.17) is 9.56 Å². The highest BCUT2D eigenvalue weighted by molar-refractivity contribution is 7.89. The van der Waals surface area contributed by atoms with Crippen molar-refractivity contribution in [3.05, 3.63) is 71.6 Å². The van der Waals surface area contributed by atoms with Crippen LogP contribution in [0, 0.1) is 6.92 Å². The van der Waals surface area contributed by atoms with Crippen LogP contribution in [0.1, 0.15) is 16.8 Å². The number of hydrogen-bond donors (Lipinski definition) is 3. The number of benzene rings is 2. The largest absolute Gasteiger partial charge is 0.444 e. The summed E-state index contributed by atoms with van der Waals surface area (Å²) in [5, 5.41) is 11.4. The zero-order valence-electron chi connectivity index (χ0n) is 16.2. The Labute approximate surface area is 169 Å². The van der Waals surface area contributed by atoms with E-state index in [1.807, 2.05) is 31.2 Å². The lowest BCUT2D eigenvalue weighted by Gasteiger charge is -2.11. The topological polar surface area (TPSA) is 123 Å². The minimum absolute atomic E-state index is 0.0750. The fourth-order valence-corrected chi connectivity index (χ4v) is 3.21. The van der Waals surface area contributed by atoms with Crippen molar-refractivity contribution in [3.63, 3.8) is 0 Å². The van der Waals surface area contributed by atoms with Gasteiger partial charge in [-0.05, 0) is 36.8 Å². The third-order valence-corrected chi connectivity index (χ3v) is 5.11. The number of aromatic nitrogens is 1.